The van der Waals surface area contributed by atoms with Crippen molar-refractivity contribution in [1.29, 1.82) is 0 Å². The zero-order valence-corrected chi connectivity index (χ0v) is 15.4. The van der Waals surface area contributed by atoms with Gasteiger partial charge in [-0.3, -0.25) is 4.79 Å². The summed E-state index contributed by atoms with van der Waals surface area (Å²) in [6, 6.07) is 3.83. The third-order valence-electron chi connectivity index (χ3n) is 5.64. The van der Waals surface area contributed by atoms with Crippen molar-refractivity contribution in [3.05, 3.63) is 24.2 Å². The highest BCUT2D eigenvalue weighted by Crippen LogP contribution is 2.34. The minimum atomic E-state index is -0.568. The Labute approximate surface area is 158 Å². The Bertz CT molecular complexity index is 711. The molecular formula is C19H26N4O4. The van der Waals surface area contributed by atoms with Gasteiger partial charge >= 0.3 is 6.03 Å². The highest BCUT2D eigenvalue weighted by molar-refractivity contribution is 6.39. The van der Waals surface area contributed by atoms with Gasteiger partial charge in [0.1, 0.15) is 11.5 Å². The van der Waals surface area contributed by atoms with E-state index in [1.807, 2.05) is 0 Å². The number of nitrogens with zero attached hydrogens (tertiary/aromatic N) is 2. The topological polar surface area (TPSA) is 96.2 Å². The van der Waals surface area contributed by atoms with Crippen molar-refractivity contribution in [2.24, 2.45) is 5.16 Å². The molecule has 2 fully saturated rings. The molecule has 1 saturated heterocycles. The molecule has 0 radical (unpaired) electrons. The third kappa shape index (κ3) is 4.09. The van der Waals surface area contributed by atoms with E-state index in [1.165, 1.54) is 19.3 Å². The Morgan fingerprint density at radius 3 is 2.93 bits per heavy atom. The number of hydrogen-bond acceptors (Lipinski definition) is 5. The van der Waals surface area contributed by atoms with Gasteiger partial charge in [0.25, 0.3) is 5.91 Å². The molecule has 2 aliphatic heterocycles. The Morgan fingerprint density at radius 1 is 1.30 bits per heavy atom. The van der Waals surface area contributed by atoms with Crippen LogP contribution in [0.2, 0.25) is 0 Å². The van der Waals surface area contributed by atoms with E-state index in [9.17, 15) is 9.59 Å². The minimum absolute atomic E-state index is 0.0295. The maximum absolute atomic E-state index is 12.5. The number of rotatable bonds is 4. The van der Waals surface area contributed by atoms with Crippen molar-refractivity contribution in [2.75, 3.05) is 13.1 Å². The fourth-order valence-electron chi connectivity index (χ4n) is 4.08. The molecule has 27 heavy (non-hydrogen) atoms. The molecule has 1 aromatic heterocycles. The molecule has 1 aliphatic carbocycles. The average molecular weight is 374 g/mol. The molecule has 1 spiro atoms. The molecule has 1 saturated carbocycles. The average Bonchev–Trinajstić information content (AvgIpc) is 3.43. The van der Waals surface area contributed by atoms with Gasteiger partial charge in [-0.1, -0.05) is 24.4 Å². The first-order valence-electron chi connectivity index (χ1n) is 9.75. The number of likely N-dealkylation sites (tertiary alicyclic amines) is 1. The molecule has 0 bridgehead atoms. The number of amides is 3. The molecule has 1 aromatic rings. The van der Waals surface area contributed by atoms with Crippen molar-refractivity contribution in [1.82, 2.24) is 15.5 Å². The van der Waals surface area contributed by atoms with Gasteiger partial charge in [-0.15, -0.1) is 0 Å². The van der Waals surface area contributed by atoms with Gasteiger partial charge in [0.05, 0.1) is 19.4 Å². The quantitative estimate of drug-likeness (QED) is 0.844. The lowest BCUT2D eigenvalue weighted by Gasteiger charge is -2.27. The van der Waals surface area contributed by atoms with Crippen molar-refractivity contribution in [3.8, 4) is 0 Å². The Hall–Kier alpha value is -2.51. The molecule has 8 heteroatoms. The number of nitrogens with one attached hydrogen (secondary N) is 2. The first-order valence-corrected chi connectivity index (χ1v) is 9.75. The predicted octanol–water partition coefficient (Wildman–Crippen LogP) is 2.16. The van der Waals surface area contributed by atoms with Crippen LogP contribution in [-0.2, 0) is 16.2 Å². The third-order valence-corrected chi connectivity index (χ3v) is 5.64. The van der Waals surface area contributed by atoms with Crippen LogP contribution in [-0.4, -0.2) is 47.3 Å². The van der Waals surface area contributed by atoms with Crippen LogP contribution in [0, 0.1) is 0 Å². The first kappa shape index (κ1) is 17.9. The van der Waals surface area contributed by atoms with Crippen LogP contribution in [0.25, 0.3) is 0 Å². The molecule has 3 heterocycles. The van der Waals surface area contributed by atoms with Crippen LogP contribution in [0.15, 0.2) is 28.0 Å². The summed E-state index contributed by atoms with van der Waals surface area (Å²) in [6.45, 7) is 1.40. The standard InChI is InChI=1S/C19H26N4O4/c24-17(20-12-15-7-4-10-26-15)16-11-19(27-22-16)8-9-23(13-19)18(25)21-14-5-2-1-3-6-14/h4,7,10,14H,1-3,5-6,8-9,11-13H2,(H,20,24)(H,21,25). The summed E-state index contributed by atoms with van der Waals surface area (Å²) in [7, 11) is 0. The van der Waals surface area contributed by atoms with E-state index in [-0.39, 0.29) is 18.0 Å². The van der Waals surface area contributed by atoms with E-state index < -0.39 is 5.60 Å². The van der Waals surface area contributed by atoms with Crippen LogP contribution >= 0.6 is 0 Å². The lowest BCUT2D eigenvalue weighted by molar-refractivity contribution is -0.115. The van der Waals surface area contributed by atoms with E-state index in [0.717, 1.165) is 12.8 Å². The number of carbonyl (C=O) groups excluding carboxylic acids is 2. The van der Waals surface area contributed by atoms with Gasteiger partial charge in [0, 0.05) is 25.4 Å². The SMILES string of the molecule is O=C(NCc1ccco1)C1=NOC2(CCN(C(=O)NC3CCCCC3)C2)C1. The minimum Gasteiger partial charge on any atom is -0.467 e. The second kappa shape index (κ2) is 7.62. The summed E-state index contributed by atoms with van der Waals surface area (Å²) in [5.41, 5.74) is -0.197. The first-order chi connectivity index (χ1) is 13.1. The van der Waals surface area contributed by atoms with Gasteiger partial charge in [0.15, 0.2) is 5.60 Å². The Morgan fingerprint density at radius 2 is 2.15 bits per heavy atom. The molecule has 146 valence electrons. The van der Waals surface area contributed by atoms with Crippen LogP contribution in [0.4, 0.5) is 4.79 Å². The monoisotopic (exact) mass is 374 g/mol. The Balaban J connectivity index is 1.26. The molecule has 4 rings (SSSR count). The maximum atomic E-state index is 12.5. The summed E-state index contributed by atoms with van der Waals surface area (Å²) in [5.74, 6) is 0.428. The summed E-state index contributed by atoms with van der Waals surface area (Å²) >= 11 is 0. The van der Waals surface area contributed by atoms with Gasteiger partial charge < -0.3 is 24.8 Å². The molecule has 2 N–H and O–H groups in total. The van der Waals surface area contributed by atoms with Gasteiger partial charge in [-0.25, -0.2) is 4.79 Å². The number of oxime groups is 1. The molecular weight excluding hydrogens is 348 g/mol. The van der Waals surface area contributed by atoms with Crippen LogP contribution in [0.5, 0.6) is 0 Å². The van der Waals surface area contributed by atoms with Gasteiger partial charge in [-0.2, -0.15) is 0 Å². The highest BCUT2D eigenvalue weighted by Gasteiger charge is 2.48. The summed E-state index contributed by atoms with van der Waals surface area (Å²) in [4.78, 5) is 32.2. The molecule has 3 aliphatic rings. The van der Waals surface area contributed by atoms with Crippen molar-refractivity contribution >= 4 is 17.6 Å². The van der Waals surface area contributed by atoms with E-state index >= 15 is 0 Å². The van der Waals surface area contributed by atoms with Crippen molar-refractivity contribution in [3.63, 3.8) is 0 Å². The van der Waals surface area contributed by atoms with Crippen LogP contribution < -0.4 is 10.6 Å². The lowest BCUT2D eigenvalue weighted by Crippen LogP contribution is -2.46. The van der Waals surface area contributed by atoms with Gasteiger partial charge in [0.2, 0.25) is 0 Å². The molecule has 0 aromatic carbocycles. The fourth-order valence-corrected chi connectivity index (χ4v) is 4.08. The van der Waals surface area contributed by atoms with Crippen molar-refractivity contribution < 1.29 is 18.8 Å². The normalized spacial score (nSPS) is 25.3. The number of furan rings is 1. The second-order valence-corrected chi connectivity index (χ2v) is 7.71. The summed E-state index contributed by atoms with van der Waals surface area (Å²) in [6.07, 6.45) is 8.42. The largest absolute Gasteiger partial charge is 0.467 e. The van der Waals surface area contributed by atoms with Crippen molar-refractivity contribution in [2.45, 2.75) is 63.1 Å². The fraction of sp³-hybridized carbons (Fsp3) is 0.632. The number of urea groups is 1. The zero-order valence-electron chi connectivity index (χ0n) is 15.4. The van der Waals surface area contributed by atoms with E-state index in [0.29, 0.717) is 43.9 Å². The van der Waals surface area contributed by atoms with Crippen LogP contribution in [0.1, 0.15) is 50.7 Å². The zero-order chi connectivity index (χ0) is 18.7. The lowest BCUT2D eigenvalue weighted by atomic mass is 9.95. The van der Waals surface area contributed by atoms with E-state index in [4.69, 9.17) is 9.25 Å². The molecule has 1 atom stereocenters. The summed E-state index contributed by atoms with van der Waals surface area (Å²) in [5, 5.41) is 9.92. The predicted molar refractivity (Wildman–Crippen MR) is 98.0 cm³/mol. The van der Waals surface area contributed by atoms with Gasteiger partial charge in [-0.05, 0) is 25.0 Å². The molecule has 3 amide bonds. The molecule has 1 unspecified atom stereocenters. The molecule has 8 nitrogen and oxygen atoms in total. The maximum Gasteiger partial charge on any atom is 0.317 e. The van der Waals surface area contributed by atoms with E-state index in [2.05, 4.69) is 15.8 Å². The number of hydrogen-bond donors (Lipinski definition) is 2. The van der Waals surface area contributed by atoms with Crippen LogP contribution in [0.3, 0.4) is 0 Å². The smallest absolute Gasteiger partial charge is 0.317 e. The summed E-state index contributed by atoms with van der Waals surface area (Å²) < 4.78 is 5.21. The highest BCUT2D eigenvalue weighted by atomic mass is 16.7. The number of carbonyl (C=O) groups is 2. The second-order valence-electron chi connectivity index (χ2n) is 7.71. The Kier molecular flexibility index (Phi) is 5.05. The van der Waals surface area contributed by atoms with E-state index in [1.54, 1.807) is 23.3 Å².